The molecule has 21 heavy (non-hydrogen) atoms. The minimum absolute atomic E-state index is 0.104. The second kappa shape index (κ2) is 9.00. The van der Waals surface area contributed by atoms with Gasteiger partial charge in [0.05, 0.1) is 12.7 Å². The molecule has 0 aromatic heterocycles. The van der Waals surface area contributed by atoms with E-state index >= 15 is 0 Å². The molecule has 0 saturated heterocycles. The fourth-order valence-electron chi connectivity index (χ4n) is 1.73. The average molecular weight is 293 g/mol. The fourth-order valence-corrected chi connectivity index (χ4v) is 1.73. The number of benzene rings is 1. The highest BCUT2D eigenvalue weighted by atomic mass is 16.5. The van der Waals surface area contributed by atoms with Crippen LogP contribution in [0.2, 0.25) is 0 Å². The van der Waals surface area contributed by atoms with Crippen molar-refractivity contribution in [3.63, 3.8) is 0 Å². The molecule has 0 bridgehead atoms. The first-order valence-electron chi connectivity index (χ1n) is 7.23. The van der Waals surface area contributed by atoms with Crippen molar-refractivity contribution in [2.24, 2.45) is 0 Å². The number of carbonyl (C=O) groups excluding carboxylic acids is 2. The van der Waals surface area contributed by atoms with E-state index in [1.54, 1.807) is 31.2 Å². The summed E-state index contributed by atoms with van der Waals surface area (Å²) in [6, 6.07) is 6.98. The number of esters is 1. The molecule has 5 heteroatoms. The Morgan fingerprint density at radius 3 is 2.43 bits per heavy atom. The molecule has 0 unspecified atom stereocenters. The molecule has 0 radical (unpaired) electrons. The quantitative estimate of drug-likeness (QED) is 0.591. The summed E-state index contributed by atoms with van der Waals surface area (Å²) in [7, 11) is 0. The number of carbonyl (C=O) groups is 2. The summed E-state index contributed by atoms with van der Waals surface area (Å²) in [5, 5.41) is 2.77. The van der Waals surface area contributed by atoms with Crippen molar-refractivity contribution in [3.05, 3.63) is 29.8 Å². The Kier molecular flexibility index (Phi) is 7.29. The molecule has 0 saturated carbocycles. The Morgan fingerprint density at radius 1 is 1.19 bits per heavy atom. The van der Waals surface area contributed by atoms with Gasteiger partial charge >= 0.3 is 5.97 Å². The van der Waals surface area contributed by atoms with Gasteiger partial charge in [0.2, 0.25) is 0 Å². The van der Waals surface area contributed by atoms with Gasteiger partial charge in [-0.2, -0.15) is 0 Å². The van der Waals surface area contributed by atoms with E-state index in [0.717, 1.165) is 5.75 Å². The van der Waals surface area contributed by atoms with Crippen LogP contribution in [-0.4, -0.2) is 31.1 Å². The van der Waals surface area contributed by atoms with E-state index in [1.807, 2.05) is 13.8 Å². The number of nitrogens with one attached hydrogen (secondary N) is 1. The Bertz CT molecular complexity index is 454. The molecular formula is C16H23NO4. The highest BCUT2D eigenvalue weighted by molar-refractivity contribution is 5.94. The van der Waals surface area contributed by atoms with Crippen LogP contribution in [-0.2, 0) is 9.53 Å². The van der Waals surface area contributed by atoms with Crippen molar-refractivity contribution in [3.8, 4) is 5.75 Å². The van der Waals surface area contributed by atoms with Crippen LogP contribution in [0.25, 0.3) is 0 Å². The second-order valence-corrected chi connectivity index (χ2v) is 4.86. The van der Waals surface area contributed by atoms with Gasteiger partial charge in [0.1, 0.15) is 5.75 Å². The molecule has 0 aliphatic heterocycles. The Labute approximate surface area is 125 Å². The predicted molar refractivity (Wildman–Crippen MR) is 80.4 cm³/mol. The van der Waals surface area contributed by atoms with Gasteiger partial charge in [-0.1, -0.05) is 0 Å². The maximum absolute atomic E-state index is 11.9. The third-order valence-electron chi connectivity index (χ3n) is 2.64. The Morgan fingerprint density at radius 2 is 1.86 bits per heavy atom. The average Bonchev–Trinajstić information content (AvgIpc) is 2.44. The molecule has 0 aliphatic carbocycles. The van der Waals surface area contributed by atoms with Crippen molar-refractivity contribution in [2.75, 3.05) is 13.2 Å². The van der Waals surface area contributed by atoms with Gasteiger partial charge in [-0.25, -0.2) is 0 Å². The molecule has 1 aromatic rings. The van der Waals surface area contributed by atoms with Crippen LogP contribution in [0.1, 0.15) is 44.0 Å². The Balaban J connectivity index is 2.33. The number of rotatable bonds is 8. The molecule has 0 spiro atoms. The lowest BCUT2D eigenvalue weighted by Crippen LogP contribution is -2.25. The first kappa shape index (κ1) is 17.0. The molecule has 1 N–H and O–H groups in total. The summed E-state index contributed by atoms with van der Waals surface area (Å²) >= 11 is 0. The van der Waals surface area contributed by atoms with Crippen LogP contribution in [0.5, 0.6) is 5.75 Å². The van der Waals surface area contributed by atoms with Crippen molar-refractivity contribution in [2.45, 2.75) is 39.7 Å². The van der Waals surface area contributed by atoms with E-state index in [0.29, 0.717) is 31.6 Å². The van der Waals surface area contributed by atoms with Crippen molar-refractivity contribution in [1.82, 2.24) is 5.32 Å². The van der Waals surface area contributed by atoms with E-state index in [4.69, 9.17) is 9.47 Å². The lowest BCUT2D eigenvalue weighted by Gasteiger charge is -2.10. The van der Waals surface area contributed by atoms with Gasteiger partial charge in [0.15, 0.2) is 0 Å². The molecule has 116 valence electrons. The zero-order chi connectivity index (χ0) is 15.7. The van der Waals surface area contributed by atoms with Gasteiger partial charge in [-0.3, -0.25) is 9.59 Å². The molecule has 0 heterocycles. The Hall–Kier alpha value is -2.04. The van der Waals surface area contributed by atoms with E-state index in [9.17, 15) is 9.59 Å². The standard InChI is InChI=1S/C16H23NO4/c1-4-20-15(18)6-5-11-17-16(19)13-7-9-14(10-8-13)21-12(2)3/h7-10,12H,4-6,11H2,1-3H3,(H,17,19). The van der Waals surface area contributed by atoms with E-state index in [2.05, 4.69) is 5.32 Å². The smallest absolute Gasteiger partial charge is 0.305 e. The SMILES string of the molecule is CCOC(=O)CCCNC(=O)c1ccc(OC(C)C)cc1. The summed E-state index contributed by atoms with van der Waals surface area (Å²) < 4.78 is 10.3. The lowest BCUT2D eigenvalue weighted by molar-refractivity contribution is -0.143. The van der Waals surface area contributed by atoms with E-state index in [-0.39, 0.29) is 18.0 Å². The largest absolute Gasteiger partial charge is 0.491 e. The van der Waals surface area contributed by atoms with Gasteiger partial charge in [-0.15, -0.1) is 0 Å². The van der Waals surface area contributed by atoms with E-state index in [1.165, 1.54) is 0 Å². The number of amides is 1. The highest BCUT2D eigenvalue weighted by Crippen LogP contribution is 2.13. The summed E-state index contributed by atoms with van der Waals surface area (Å²) in [4.78, 5) is 23.0. The first-order chi connectivity index (χ1) is 10.0. The molecule has 1 rings (SSSR count). The zero-order valence-electron chi connectivity index (χ0n) is 12.8. The van der Waals surface area contributed by atoms with Gasteiger partial charge in [0.25, 0.3) is 5.91 Å². The first-order valence-corrected chi connectivity index (χ1v) is 7.23. The second-order valence-electron chi connectivity index (χ2n) is 4.86. The summed E-state index contributed by atoms with van der Waals surface area (Å²) in [6.45, 7) is 6.50. The number of hydrogen-bond donors (Lipinski definition) is 1. The molecule has 0 aliphatic rings. The molecule has 0 fully saturated rings. The third kappa shape index (κ3) is 6.79. The van der Waals surface area contributed by atoms with Gasteiger partial charge in [-0.05, 0) is 51.5 Å². The molecule has 1 amide bonds. The minimum atomic E-state index is -0.234. The number of ether oxygens (including phenoxy) is 2. The van der Waals surface area contributed by atoms with Crippen molar-refractivity contribution in [1.29, 1.82) is 0 Å². The van der Waals surface area contributed by atoms with Crippen LogP contribution in [0.15, 0.2) is 24.3 Å². The summed E-state index contributed by atoms with van der Waals surface area (Å²) in [6.07, 6.45) is 0.988. The van der Waals surface area contributed by atoms with Gasteiger partial charge < -0.3 is 14.8 Å². The normalized spacial score (nSPS) is 10.3. The fraction of sp³-hybridized carbons (Fsp3) is 0.500. The zero-order valence-corrected chi connectivity index (χ0v) is 12.8. The van der Waals surface area contributed by atoms with Crippen LogP contribution in [0.4, 0.5) is 0 Å². The van der Waals surface area contributed by atoms with Gasteiger partial charge in [0, 0.05) is 18.5 Å². The summed E-state index contributed by atoms with van der Waals surface area (Å²) in [5.41, 5.74) is 0.572. The molecular weight excluding hydrogens is 270 g/mol. The summed E-state index contributed by atoms with van der Waals surface area (Å²) in [5.74, 6) is 0.348. The molecule has 1 aromatic carbocycles. The van der Waals surface area contributed by atoms with E-state index < -0.39 is 0 Å². The van der Waals surface area contributed by atoms with Crippen molar-refractivity contribution >= 4 is 11.9 Å². The van der Waals surface area contributed by atoms with Crippen LogP contribution in [0.3, 0.4) is 0 Å². The number of hydrogen-bond acceptors (Lipinski definition) is 4. The van der Waals surface area contributed by atoms with Crippen molar-refractivity contribution < 1.29 is 19.1 Å². The lowest BCUT2D eigenvalue weighted by atomic mass is 10.2. The van der Waals surface area contributed by atoms with Crippen LogP contribution < -0.4 is 10.1 Å². The topological polar surface area (TPSA) is 64.6 Å². The third-order valence-corrected chi connectivity index (χ3v) is 2.64. The highest BCUT2D eigenvalue weighted by Gasteiger charge is 2.07. The maximum Gasteiger partial charge on any atom is 0.305 e. The molecule has 5 nitrogen and oxygen atoms in total. The van der Waals surface area contributed by atoms with Crippen LogP contribution in [0, 0.1) is 0 Å². The minimum Gasteiger partial charge on any atom is -0.491 e. The monoisotopic (exact) mass is 293 g/mol. The van der Waals surface area contributed by atoms with Crippen LogP contribution >= 0.6 is 0 Å². The maximum atomic E-state index is 11.9. The molecule has 0 atom stereocenters. The predicted octanol–water partition coefficient (Wildman–Crippen LogP) is 2.55.